The maximum atomic E-state index is 5.34. The second-order valence-corrected chi connectivity index (χ2v) is 13.6. The number of nitrogens with zero attached hydrogens (tertiary/aromatic N) is 6. The van der Waals surface area contributed by atoms with E-state index in [1.807, 2.05) is 0 Å². The largest absolute Gasteiger partial charge is 0.291 e. The van der Waals surface area contributed by atoms with Gasteiger partial charge in [-0.1, -0.05) is 109 Å². The summed E-state index contributed by atoms with van der Waals surface area (Å²) in [4.78, 5) is 16.0. The van der Waals surface area contributed by atoms with Crippen molar-refractivity contribution in [2.45, 2.75) is 0 Å². The van der Waals surface area contributed by atoms with Gasteiger partial charge >= 0.3 is 0 Å². The van der Waals surface area contributed by atoms with Crippen LogP contribution in [0.2, 0.25) is 0 Å². The summed E-state index contributed by atoms with van der Waals surface area (Å²) in [5, 5.41) is 10.4. The van der Waals surface area contributed by atoms with Crippen LogP contribution in [0.15, 0.2) is 146 Å². The van der Waals surface area contributed by atoms with E-state index in [2.05, 4.69) is 159 Å². The van der Waals surface area contributed by atoms with Crippen LogP contribution < -0.4 is 0 Å². The van der Waals surface area contributed by atoms with Gasteiger partial charge in [0.25, 0.3) is 0 Å². The van der Waals surface area contributed by atoms with Crippen LogP contribution in [-0.2, 0) is 0 Å². The summed E-state index contributed by atoms with van der Waals surface area (Å²) < 4.78 is 7.27. The van der Waals surface area contributed by atoms with Crippen LogP contribution in [-0.4, -0.2) is 28.2 Å². The Labute approximate surface area is 288 Å². The molecule has 0 atom stereocenters. The summed E-state index contributed by atoms with van der Waals surface area (Å²) in [6.07, 6.45) is 0. The van der Waals surface area contributed by atoms with Crippen molar-refractivity contribution >= 4 is 115 Å². The molecule has 13 aromatic rings. The normalized spacial score (nSPS) is 12.7. The van der Waals surface area contributed by atoms with Crippen LogP contribution in [0.3, 0.4) is 0 Å². The quantitative estimate of drug-likeness (QED) is 0.154. The molecule has 0 amide bonds. The molecule has 7 aromatic carbocycles. The molecular formula is C45H24N6. The Hall–Kier alpha value is -7.05. The topological polar surface area (TPSA) is 51.9 Å². The van der Waals surface area contributed by atoms with Crippen LogP contribution in [0.1, 0.15) is 0 Å². The zero-order valence-electron chi connectivity index (χ0n) is 27.0. The number of aromatic nitrogens is 6. The summed E-state index contributed by atoms with van der Waals surface area (Å²) in [5.74, 6) is 0. The van der Waals surface area contributed by atoms with E-state index in [9.17, 15) is 0 Å². The lowest BCUT2D eigenvalue weighted by Crippen LogP contribution is -2.02. The molecule has 51 heavy (non-hydrogen) atoms. The van der Waals surface area contributed by atoms with Crippen molar-refractivity contribution in [3.63, 3.8) is 0 Å². The van der Waals surface area contributed by atoms with Crippen molar-refractivity contribution in [3.05, 3.63) is 146 Å². The van der Waals surface area contributed by atoms with Gasteiger partial charge in [0, 0.05) is 32.3 Å². The Kier molecular flexibility index (Phi) is 4.54. The number of fused-ring (bicyclic) bond motifs is 27. The van der Waals surface area contributed by atoms with Crippen LogP contribution in [0.4, 0.5) is 0 Å². The highest BCUT2D eigenvalue weighted by Crippen LogP contribution is 2.48. The third-order valence-corrected chi connectivity index (χ3v) is 11.1. The van der Waals surface area contributed by atoms with Gasteiger partial charge in [-0.05, 0) is 52.6 Å². The molecule has 13 rings (SSSR count). The molecule has 6 aromatic heterocycles. The van der Waals surface area contributed by atoms with Crippen molar-refractivity contribution in [3.8, 4) is 0 Å². The van der Waals surface area contributed by atoms with Crippen LogP contribution in [0, 0.1) is 0 Å². The van der Waals surface area contributed by atoms with Gasteiger partial charge in [0.2, 0.25) is 0 Å². The van der Waals surface area contributed by atoms with Gasteiger partial charge in [-0.25, -0.2) is 15.0 Å². The van der Waals surface area contributed by atoms with Gasteiger partial charge in [0.1, 0.15) is 16.9 Å². The molecule has 0 saturated heterocycles. The third kappa shape index (κ3) is 3.00. The highest BCUT2D eigenvalue weighted by molar-refractivity contribution is 6.40. The zero-order valence-corrected chi connectivity index (χ0v) is 27.0. The molecule has 0 saturated carbocycles. The fraction of sp³-hybridized carbons (Fsp3) is 0. The lowest BCUT2D eigenvalue weighted by atomic mass is 9.93. The van der Waals surface area contributed by atoms with E-state index in [1.165, 1.54) is 16.2 Å². The minimum absolute atomic E-state index is 0.951. The van der Waals surface area contributed by atoms with Gasteiger partial charge in [-0.3, -0.25) is 13.2 Å². The average Bonchev–Trinajstić information content (AvgIpc) is 3.90. The van der Waals surface area contributed by atoms with E-state index in [0.717, 1.165) is 98.9 Å². The summed E-state index contributed by atoms with van der Waals surface area (Å²) in [5.41, 5.74) is 12.4. The molecule has 0 aliphatic rings. The highest BCUT2D eigenvalue weighted by atomic mass is 15.1. The Morgan fingerprint density at radius 2 is 0.529 bits per heavy atom. The first-order valence-electron chi connectivity index (χ1n) is 17.3. The molecule has 6 nitrogen and oxygen atoms in total. The molecule has 0 fully saturated rings. The summed E-state index contributed by atoms with van der Waals surface area (Å²) in [7, 11) is 0. The van der Waals surface area contributed by atoms with Gasteiger partial charge < -0.3 is 0 Å². The van der Waals surface area contributed by atoms with Crippen LogP contribution >= 0.6 is 0 Å². The first-order valence-corrected chi connectivity index (χ1v) is 17.3. The molecular weight excluding hydrogens is 625 g/mol. The Morgan fingerprint density at radius 1 is 0.275 bits per heavy atom. The second kappa shape index (κ2) is 8.94. The predicted octanol–water partition coefficient (Wildman–Crippen LogP) is 11.0. The van der Waals surface area contributed by atoms with E-state index in [0.29, 0.717) is 0 Å². The lowest BCUT2D eigenvalue weighted by Gasteiger charge is -2.21. The number of benzene rings is 7. The zero-order chi connectivity index (χ0) is 32.9. The Bertz CT molecular complexity index is 3290. The molecule has 0 bridgehead atoms. The Balaban J connectivity index is 1.56. The monoisotopic (exact) mass is 648 g/mol. The molecule has 0 N–H and O–H groups in total. The summed E-state index contributed by atoms with van der Waals surface area (Å²) in [6, 6.07) is 51.9. The van der Waals surface area contributed by atoms with Crippen LogP contribution in [0.5, 0.6) is 0 Å². The average molecular weight is 649 g/mol. The molecule has 0 spiro atoms. The maximum absolute atomic E-state index is 5.34. The number of hydrogen-bond donors (Lipinski definition) is 0. The lowest BCUT2D eigenvalue weighted by molar-refractivity contribution is 1.29. The van der Waals surface area contributed by atoms with Gasteiger partial charge in [-0.15, -0.1) is 0 Å². The minimum Gasteiger partial charge on any atom is -0.291 e. The number of hydrogen-bond acceptors (Lipinski definition) is 3. The third-order valence-electron chi connectivity index (χ3n) is 11.1. The Morgan fingerprint density at radius 3 is 0.843 bits per heavy atom. The number of imidazole rings is 3. The van der Waals surface area contributed by atoms with Crippen molar-refractivity contribution in [1.29, 1.82) is 0 Å². The van der Waals surface area contributed by atoms with Gasteiger partial charge in [0.05, 0.1) is 49.7 Å². The molecule has 6 heterocycles. The van der Waals surface area contributed by atoms with Gasteiger partial charge in [0.15, 0.2) is 0 Å². The SMILES string of the molecule is c1ccc2c(c1)nc1c3ccccc3c3c(c4c5ccccc5c5nc6ccccc6n5c4c4c5ccccc5c5nc6ccccc6n5c34)n21. The summed E-state index contributed by atoms with van der Waals surface area (Å²) >= 11 is 0. The fourth-order valence-corrected chi connectivity index (χ4v) is 9.13. The van der Waals surface area contributed by atoms with Crippen molar-refractivity contribution in [2.24, 2.45) is 0 Å². The highest BCUT2D eigenvalue weighted by Gasteiger charge is 2.27. The number of rotatable bonds is 0. The van der Waals surface area contributed by atoms with Crippen LogP contribution in [0.25, 0.3) is 115 Å². The molecule has 0 unspecified atom stereocenters. The molecule has 0 radical (unpaired) electrons. The maximum Gasteiger partial charge on any atom is 0.146 e. The minimum atomic E-state index is 0.951. The molecule has 0 aliphatic heterocycles. The number of pyridine rings is 3. The van der Waals surface area contributed by atoms with E-state index >= 15 is 0 Å². The van der Waals surface area contributed by atoms with E-state index in [1.54, 1.807) is 0 Å². The number of para-hydroxylation sites is 6. The molecule has 6 heteroatoms. The standard InChI is InChI=1S/C45H24N6/c1-4-16-28-25(13-1)37-40(49-34-22-10-7-19-31(34)46-43(28)49)38-27-15-3-6-18-30(27)45-48-33-21-9-12-24-36(33)51(45)42(38)39-26-14-2-5-17-29(26)44-47-32-20-8-11-23-35(32)50(44)41(37)39/h1-24H. The predicted molar refractivity (Wildman–Crippen MR) is 210 cm³/mol. The second-order valence-electron chi connectivity index (χ2n) is 13.6. The first-order chi connectivity index (χ1) is 25.3. The van der Waals surface area contributed by atoms with Crippen molar-refractivity contribution in [2.75, 3.05) is 0 Å². The summed E-state index contributed by atoms with van der Waals surface area (Å²) in [6.45, 7) is 0. The van der Waals surface area contributed by atoms with Crippen molar-refractivity contribution < 1.29 is 0 Å². The van der Waals surface area contributed by atoms with Crippen molar-refractivity contribution in [1.82, 2.24) is 28.2 Å². The van der Waals surface area contributed by atoms with E-state index in [4.69, 9.17) is 15.0 Å². The first kappa shape index (κ1) is 25.9. The molecule has 0 aliphatic carbocycles. The molecule has 234 valence electrons. The van der Waals surface area contributed by atoms with E-state index < -0.39 is 0 Å². The fourth-order valence-electron chi connectivity index (χ4n) is 9.13. The van der Waals surface area contributed by atoms with E-state index in [-0.39, 0.29) is 0 Å². The smallest absolute Gasteiger partial charge is 0.146 e. The van der Waals surface area contributed by atoms with Gasteiger partial charge in [-0.2, -0.15) is 0 Å².